The molecule has 6 aromatic carbocycles. The standard InChI is InChI=1S/C46H42O2/c1-27-25-35(29(3)23-33(27)31-15-13-19-39-43(31)47-41-21-11-9-17-37(41)45(39,5)6)36-26-28(2)34(24-30(36)4)32-16-14-20-40-44(32)48-42-22-12-10-18-38(42)46(40,7)8/h9-26H,1-8H3/i1D3,2D3,3D3,4D3. The molecule has 2 aliphatic rings. The van der Waals surface area contributed by atoms with Gasteiger partial charge in [-0.15, -0.1) is 0 Å². The molecule has 0 radical (unpaired) electrons. The fourth-order valence-electron chi connectivity index (χ4n) is 7.45. The fourth-order valence-corrected chi connectivity index (χ4v) is 7.45. The van der Waals surface area contributed by atoms with E-state index in [0.717, 1.165) is 22.3 Å². The predicted octanol–water partition coefficient (Wildman–Crippen LogP) is 12.8. The van der Waals surface area contributed by atoms with E-state index in [9.17, 15) is 0 Å². The lowest BCUT2D eigenvalue weighted by atomic mass is 9.74. The second-order valence-electron chi connectivity index (χ2n) is 13.7. The number of aryl methyl sites for hydroxylation is 4. The molecule has 0 saturated carbocycles. The summed E-state index contributed by atoms with van der Waals surface area (Å²) in [5, 5.41) is 0. The molecule has 6 aromatic rings. The van der Waals surface area contributed by atoms with Crippen LogP contribution < -0.4 is 9.47 Å². The highest BCUT2D eigenvalue weighted by atomic mass is 16.5. The minimum atomic E-state index is -2.92. The van der Waals surface area contributed by atoms with Gasteiger partial charge in [-0.25, -0.2) is 0 Å². The number of para-hydroxylation sites is 4. The summed E-state index contributed by atoms with van der Waals surface area (Å²) in [4.78, 5) is 0. The van der Waals surface area contributed by atoms with Crippen LogP contribution in [0.25, 0.3) is 33.4 Å². The van der Waals surface area contributed by atoms with Crippen molar-refractivity contribution in [2.24, 2.45) is 0 Å². The molecule has 0 N–H and O–H groups in total. The third kappa shape index (κ3) is 4.46. The lowest BCUT2D eigenvalue weighted by Gasteiger charge is -2.35. The number of hydrogen-bond acceptors (Lipinski definition) is 2. The van der Waals surface area contributed by atoms with Crippen LogP contribution in [0.15, 0.2) is 109 Å². The van der Waals surface area contributed by atoms with Gasteiger partial charge in [-0.2, -0.15) is 0 Å². The van der Waals surface area contributed by atoms with Crippen molar-refractivity contribution < 1.29 is 25.9 Å². The first-order valence-corrected chi connectivity index (χ1v) is 16.0. The Kier molecular flexibility index (Phi) is 4.39. The third-order valence-corrected chi connectivity index (χ3v) is 10.1. The highest BCUT2D eigenvalue weighted by Gasteiger charge is 2.37. The quantitative estimate of drug-likeness (QED) is 0.192. The number of rotatable bonds is 3. The maximum atomic E-state index is 8.77. The Labute approximate surface area is 301 Å². The molecule has 2 nitrogen and oxygen atoms in total. The molecule has 0 bridgehead atoms. The van der Waals surface area contributed by atoms with Gasteiger partial charge in [-0.3, -0.25) is 0 Å². The molecule has 0 saturated heterocycles. The zero-order valence-electron chi connectivity index (χ0n) is 39.2. The van der Waals surface area contributed by atoms with Crippen LogP contribution >= 0.6 is 0 Å². The van der Waals surface area contributed by atoms with Crippen LogP contribution in [0.5, 0.6) is 23.0 Å². The van der Waals surface area contributed by atoms with Crippen LogP contribution in [0.2, 0.25) is 0 Å². The Hall–Kier alpha value is -5.08. The SMILES string of the molecule is [2H]C([2H])([2H])c1cc(-c2cccc3c2Oc2ccccc2C3(C)C)c(C([2H])([2H])[2H])cc1-c1cc(C([2H])([2H])[2H])c(-c2cccc3c2Oc2ccccc2C3(C)C)cc1C([2H])([2H])[2H]. The molecule has 2 aliphatic heterocycles. The lowest BCUT2D eigenvalue weighted by Crippen LogP contribution is -2.24. The largest absolute Gasteiger partial charge is 0.456 e. The van der Waals surface area contributed by atoms with Crippen LogP contribution in [0.3, 0.4) is 0 Å². The highest BCUT2D eigenvalue weighted by Crippen LogP contribution is 2.53. The van der Waals surface area contributed by atoms with Gasteiger partial charge in [0.2, 0.25) is 0 Å². The molecule has 0 spiro atoms. The van der Waals surface area contributed by atoms with Crippen molar-refractivity contribution in [3.63, 3.8) is 0 Å². The van der Waals surface area contributed by atoms with Gasteiger partial charge in [-0.1, -0.05) is 125 Å². The number of benzene rings is 6. The Balaban J connectivity index is 1.42. The molecule has 0 aliphatic carbocycles. The van der Waals surface area contributed by atoms with E-state index in [4.69, 9.17) is 25.9 Å². The molecule has 0 unspecified atom stereocenters. The van der Waals surface area contributed by atoms with Gasteiger partial charge in [0.1, 0.15) is 23.0 Å². The molecular formula is C46H42O2. The molecular weight excluding hydrogens is 585 g/mol. The summed E-state index contributed by atoms with van der Waals surface area (Å²) in [6.45, 7) is -3.44. The molecule has 0 atom stereocenters. The van der Waals surface area contributed by atoms with Gasteiger partial charge < -0.3 is 9.47 Å². The van der Waals surface area contributed by atoms with Crippen molar-refractivity contribution in [3.8, 4) is 56.4 Å². The van der Waals surface area contributed by atoms with Gasteiger partial charge in [0, 0.05) is 60.7 Å². The van der Waals surface area contributed by atoms with Crippen molar-refractivity contribution in [1.82, 2.24) is 0 Å². The monoisotopic (exact) mass is 638 g/mol. The summed E-state index contributed by atoms with van der Waals surface area (Å²) in [7, 11) is 0. The van der Waals surface area contributed by atoms with Gasteiger partial charge >= 0.3 is 0 Å². The molecule has 48 heavy (non-hydrogen) atoms. The zero-order valence-corrected chi connectivity index (χ0v) is 27.2. The lowest BCUT2D eigenvalue weighted by molar-refractivity contribution is 0.419. The van der Waals surface area contributed by atoms with Crippen molar-refractivity contribution in [1.29, 1.82) is 0 Å². The number of fused-ring (bicyclic) bond motifs is 4. The van der Waals surface area contributed by atoms with E-state index in [2.05, 4.69) is 0 Å². The normalized spacial score (nSPS) is 19.7. The average Bonchev–Trinajstić information content (AvgIpc) is 3.15. The summed E-state index contributed by atoms with van der Waals surface area (Å²) >= 11 is 0. The van der Waals surface area contributed by atoms with Crippen LogP contribution in [0.4, 0.5) is 0 Å². The van der Waals surface area contributed by atoms with Gasteiger partial charge in [0.15, 0.2) is 0 Å². The predicted molar refractivity (Wildman–Crippen MR) is 199 cm³/mol. The van der Waals surface area contributed by atoms with Crippen LogP contribution in [0.1, 0.15) is 88.7 Å². The second kappa shape index (κ2) is 10.7. The van der Waals surface area contributed by atoms with Crippen LogP contribution in [-0.2, 0) is 10.8 Å². The second-order valence-corrected chi connectivity index (χ2v) is 13.7. The van der Waals surface area contributed by atoms with Gasteiger partial charge in [-0.05, 0) is 84.0 Å². The van der Waals surface area contributed by atoms with Gasteiger partial charge in [0.25, 0.3) is 0 Å². The van der Waals surface area contributed by atoms with Crippen LogP contribution in [0, 0.1) is 27.4 Å². The first kappa shape index (κ1) is 19.7. The van der Waals surface area contributed by atoms with Crippen molar-refractivity contribution in [2.45, 2.75) is 65.9 Å². The van der Waals surface area contributed by atoms with E-state index in [1.54, 1.807) is 24.3 Å². The Bertz CT molecular complexity index is 2530. The van der Waals surface area contributed by atoms with E-state index >= 15 is 0 Å². The van der Waals surface area contributed by atoms with Gasteiger partial charge in [0.05, 0.1) is 0 Å². The summed E-state index contributed by atoms with van der Waals surface area (Å²) in [5.41, 5.74) is 1.34. The topological polar surface area (TPSA) is 18.5 Å². The number of hydrogen-bond donors (Lipinski definition) is 0. The molecule has 8 rings (SSSR count). The van der Waals surface area contributed by atoms with Crippen molar-refractivity contribution >= 4 is 0 Å². The maximum Gasteiger partial charge on any atom is 0.139 e. The Morgan fingerprint density at radius 2 is 0.729 bits per heavy atom. The minimum Gasteiger partial charge on any atom is -0.456 e. The van der Waals surface area contributed by atoms with E-state index in [1.807, 2.05) is 88.4 Å². The zero-order chi connectivity index (χ0) is 43.5. The minimum absolute atomic E-state index is 0.0657. The number of ether oxygens (including phenoxy) is 2. The molecule has 2 heteroatoms. The van der Waals surface area contributed by atoms with E-state index < -0.39 is 38.2 Å². The molecule has 0 fully saturated rings. The third-order valence-electron chi connectivity index (χ3n) is 10.1. The molecule has 0 aromatic heterocycles. The summed E-state index contributed by atoms with van der Waals surface area (Å²) in [6.07, 6.45) is 0. The first-order chi connectivity index (χ1) is 27.8. The first-order valence-electron chi connectivity index (χ1n) is 22.0. The summed E-state index contributed by atoms with van der Waals surface area (Å²) in [6, 6.07) is 30.6. The summed E-state index contributed by atoms with van der Waals surface area (Å²) in [5.74, 6) is 1.88. The maximum absolute atomic E-state index is 8.77. The Morgan fingerprint density at radius 3 is 1.10 bits per heavy atom. The Morgan fingerprint density at radius 1 is 0.396 bits per heavy atom. The highest BCUT2D eigenvalue weighted by molar-refractivity contribution is 5.85. The van der Waals surface area contributed by atoms with E-state index in [1.165, 1.54) is 24.3 Å². The fraction of sp³-hybridized carbons (Fsp3) is 0.217. The van der Waals surface area contributed by atoms with Crippen LogP contribution in [-0.4, -0.2) is 0 Å². The smallest absolute Gasteiger partial charge is 0.139 e. The molecule has 2 heterocycles. The average molecular weight is 639 g/mol. The van der Waals surface area contributed by atoms with E-state index in [-0.39, 0.29) is 44.5 Å². The van der Waals surface area contributed by atoms with E-state index in [0.29, 0.717) is 34.1 Å². The van der Waals surface area contributed by atoms with Crippen molar-refractivity contribution in [3.05, 3.63) is 154 Å². The molecule has 238 valence electrons. The summed E-state index contributed by atoms with van der Waals surface area (Å²) < 4.78 is 118. The van der Waals surface area contributed by atoms with Crippen molar-refractivity contribution in [2.75, 3.05) is 0 Å². The molecule has 0 amide bonds.